The number of fused-ring (bicyclic) bond motifs is 1. The zero-order chi connectivity index (χ0) is 33.1. The number of anilines is 2. The number of likely N-dealkylation sites (tertiary alicyclic amines) is 1. The molecule has 0 saturated carbocycles. The molecule has 6 atom stereocenters. The lowest BCUT2D eigenvalue weighted by atomic mass is 9.66. The lowest BCUT2D eigenvalue weighted by molar-refractivity contribution is -0.152. The summed E-state index contributed by atoms with van der Waals surface area (Å²) in [7, 11) is 0. The Morgan fingerprint density at radius 1 is 1.04 bits per heavy atom. The van der Waals surface area contributed by atoms with Crippen LogP contribution in [0.1, 0.15) is 67.2 Å². The average molecular weight is 623 g/mol. The molecular formula is C36H54N4O5. The fourth-order valence-corrected chi connectivity index (χ4v) is 8.18. The van der Waals surface area contributed by atoms with E-state index in [1.54, 1.807) is 26.9 Å². The van der Waals surface area contributed by atoms with Crippen molar-refractivity contribution in [1.29, 1.82) is 0 Å². The molecule has 3 saturated heterocycles. The van der Waals surface area contributed by atoms with Crippen LogP contribution in [-0.4, -0.2) is 95.2 Å². The van der Waals surface area contributed by atoms with E-state index >= 15 is 0 Å². The summed E-state index contributed by atoms with van der Waals surface area (Å²) in [6.45, 7) is 22.6. The molecule has 4 rings (SSSR count). The van der Waals surface area contributed by atoms with E-state index in [0.717, 1.165) is 25.2 Å². The number of benzene rings is 1. The van der Waals surface area contributed by atoms with Crippen LogP contribution in [0.2, 0.25) is 0 Å². The predicted molar refractivity (Wildman–Crippen MR) is 179 cm³/mol. The maximum Gasteiger partial charge on any atom is 0.253 e. The van der Waals surface area contributed by atoms with Gasteiger partial charge in [0.1, 0.15) is 11.6 Å². The molecule has 45 heavy (non-hydrogen) atoms. The SMILES string of the molecule is C=CCN(CCC)C(=O)[C@H]1[C@H]2C(=O)N([C@@H](CO)CC(C)C)C(C(=O)N(CC=C)c3ccc(N(CC)CC)cc3)C23CC[C@]1(C)O3. The molecule has 1 N–H and O–H groups in total. The number of ether oxygens (including phenoxy) is 1. The Labute approximate surface area is 269 Å². The highest BCUT2D eigenvalue weighted by Crippen LogP contribution is 2.64. The van der Waals surface area contributed by atoms with Gasteiger partial charge in [-0.25, -0.2) is 0 Å². The summed E-state index contributed by atoms with van der Waals surface area (Å²) < 4.78 is 6.89. The van der Waals surface area contributed by atoms with Crippen molar-refractivity contribution in [2.75, 3.05) is 49.1 Å². The van der Waals surface area contributed by atoms with Gasteiger partial charge in [-0.1, -0.05) is 32.9 Å². The number of hydrogen-bond donors (Lipinski definition) is 1. The molecule has 1 aromatic rings. The summed E-state index contributed by atoms with van der Waals surface area (Å²) in [5, 5.41) is 10.7. The van der Waals surface area contributed by atoms with Crippen LogP contribution in [0.3, 0.4) is 0 Å². The Morgan fingerprint density at radius 2 is 1.67 bits per heavy atom. The minimum absolute atomic E-state index is 0.133. The van der Waals surface area contributed by atoms with Crippen LogP contribution in [0.4, 0.5) is 11.4 Å². The smallest absolute Gasteiger partial charge is 0.253 e. The number of carbonyl (C=O) groups is 3. The quantitative estimate of drug-likeness (QED) is 0.270. The molecule has 2 bridgehead atoms. The van der Waals surface area contributed by atoms with Crippen LogP contribution >= 0.6 is 0 Å². The zero-order valence-electron chi connectivity index (χ0n) is 28.2. The first-order valence-electron chi connectivity index (χ1n) is 16.8. The molecule has 0 aliphatic carbocycles. The maximum absolute atomic E-state index is 15.0. The molecule has 3 aliphatic heterocycles. The van der Waals surface area contributed by atoms with Crippen LogP contribution in [-0.2, 0) is 19.1 Å². The molecule has 1 aromatic carbocycles. The summed E-state index contributed by atoms with van der Waals surface area (Å²) >= 11 is 0. The minimum atomic E-state index is -1.18. The largest absolute Gasteiger partial charge is 0.394 e. The van der Waals surface area contributed by atoms with Gasteiger partial charge in [0.2, 0.25) is 11.8 Å². The number of nitrogens with zero attached hydrogens (tertiary/aromatic N) is 4. The molecule has 0 aromatic heterocycles. The van der Waals surface area contributed by atoms with Crippen molar-refractivity contribution in [3.05, 3.63) is 49.6 Å². The normalized spacial score (nSPS) is 27.4. The van der Waals surface area contributed by atoms with Crippen LogP contribution < -0.4 is 9.80 Å². The van der Waals surface area contributed by atoms with Gasteiger partial charge >= 0.3 is 0 Å². The van der Waals surface area contributed by atoms with Gasteiger partial charge in [-0.2, -0.15) is 0 Å². The van der Waals surface area contributed by atoms with Gasteiger partial charge in [0.25, 0.3) is 5.91 Å². The predicted octanol–water partition coefficient (Wildman–Crippen LogP) is 4.65. The molecule has 9 heteroatoms. The van der Waals surface area contributed by atoms with Gasteiger partial charge in [-0.15, -0.1) is 13.2 Å². The molecule has 3 amide bonds. The third-order valence-corrected chi connectivity index (χ3v) is 10.1. The topological polar surface area (TPSA) is 93.6 Å². The van der Waals surface area contributed by atoms with E-state index in [9.17, 15) is 19.5 Å². The van der Waals surface area contributed by atoms with Crippen LogP contribution in [0, 0.1) is 17.8 Å². The number of amides is 3. The van der Waals surface area contributed by atoms with Crippen LogP contribution in [0.15, 0.2) is 49.6 Å². The van der Waals surface area contributed by atoms with E-state index in [2.05, 4.69) is 31.9 Å². The first-order chi connectivity index (χ1) is 21.5. The number of rotatable bonds is 16. The standard InChI is InChI=1S/C36H54N4O5/c1-9-20-38(21-10-2)32(42)29-30-33(43)40(28(24-41)23-25(6)7)31(36(30)19-18-35(29,8)45-36)34(44)39(22-11-3)27-16-14-26(15-17-27)37(12-4)13-5/h9,11,14-17,25,28-31,41H,1,3,10,12-13,18-24H2,2,4-8H3/t28-,29-,30+,31?,35+,36?/m1/s1. The molecular weight excluding hydrogens is 568 g/mol. The molecule has 3 fully saturated rings. The van der Waals surface area contributed by atoms with E-state index < -0.39 is 35.1 Å². The third kappa shape index (κ3) is 6.06. The first-order valence-corrected chi connectivity index (χ1v) is 16.8. The van der Waals surface area contributed by atoms with Gasteiger partial charge in [-0.3, -0.25) is 14.4 Å². The van der Waals surface area contributed by atoms with Crippen molar-refractivity contribution in [2.24, 2.45) is 17.8 Å². The summed E-state index contributed by atoms with van der Waals surface area (Å²) in [5.74, 6) is -2.08. The van der Waals surface area contributed by atoms with E-state index in [-0.39, 0.29) is 36.8 Å². The Bertz CT molecular complexity index is 1250. The van der Waals surface area contributed by atoms with Gasteiger partial charge in [0.15, 0.2) is 0 Å². The summed E-state index contributed by atoms with van der Waals surface area (Å²) in [6.07, 6.45) is 5.72. The molecule has 3 aliphatic rings. The maximum atomic E-state index is 15.0. The monoisotopic (exact) mass is 622 g/mol. The fraction of sp³-hybridized carbons (Fsp3) is 0.639. The Kier molecular flexibility index (Phi) is 10.9. The lowest BCUT2D eigenvalue weighted by Gasteiger charge is -2.40. The van der Waals surface area contributed by atoms with Gasteiger partial charge in [-0.05, 0) is 76.6 Å². The molecule has 9 nitrogen and oxygen atoms in total. The summed E-state index contributed by atoms with van der Waals surface area (Å²) in [5.41, 5.74) is -0.304. The van der Waals surface area contributed by atoms with Crippen LogP contribution in [0.25, 0.3) is 0 Å². The van der Waals surface area contributed by atoms with Gasteiger partial charge in [0.05, 0.1) is 30.1 Å². The number of aliphatic hydroxyl groups is 1. The van der Waals surface area contributed by atoms with E-state index in [0.29, 0.717) is 38.0 Å². The number of carbonyl (C=O) groups excluding carboxylic acids is 3. The Hall–Kier alpha value is -3.17. The molecule has 0 radical (unpaired) electrons. The van der Waals surface area contributed by atoms with Gasteiger partial charge < -0.3 is 29.4 Å². The summed E-state index contributed by atoms with van der Waals surface area (Å²) in [4.78, 5) is 51.2. The Morgan fingerprint density at radius 3 is 2.20 bits per heavy atom. The second-order valence-electron chi connectivity index (χ2n) is 13.4. The Balaban J connectivity index is 1.83. The highest BCUT2D eigenvalue weighted by molar-refractivity contribution is 6.05. The number of aliphatic hydroxyl groups excluding tert-OH is 1. The van der Waals surface area contributed by atoms with Crippen LogP contribution in [0.5, 0.6) is 0 Å². The zero-order valence-corrected chi connectivity index (χ0v) is 28.2. The third-order valence-electron chi connectivity index (χ3n) is 10.1. The van der Waals surface area contributed by atoms with Gasteiger partial charge in [0, 0.05) is 44.1 Å². The summed E-state index contributed by atoms with van der Waals surface area (Å²) in [6, 6.07) is 6.30. The van der Waals surface area contributed by atoms with E-state index in [1.165, 1.54) is 0 Å². The minimum Gasteiger partial charge on any atom is -0.394 e. The first kappa shape index (κ1) is 34.7. The fourth-order valence-electron chi connectivity index (χ4n) is 8.18. The highest BCUT2D eigenvalue weighted by Gasteiger charge is 2.78. The second-order valence-corrected chi connectivity index (χ2v) is 13.4. The molecule has 3 heterocycles. The number of hydrogen-bond acceptors (Lipinski definition) is 6. The van der Waals surface area contributed by atoms with Crippen molar-refractivity contribution in [3.63, 3.8) is 0 Å². The van der Waals surface area contributed by atoms with E-state index in [4.69, 9.17) is 4.74 Å². The molecule has 1 spiro atoms. The molecule has 248 valence electrons. The van der Waals surface area contributed by atoms with Crippen molar-refractivity contribution >= 4 is 29.1 Å². The second kappa shape index (κ2) is 14.1. The van der Waals surface area contributed by atoms with Crippen molar-refractivity contribution in [2.45, 2.75) is 90.5 Å². The van der Waals surface area contributed by atoms with Crippen molar-refractivity contribution in [1.82, 2.24) is 9.80 Å². The lowest BCUT2D eigenvalue weighted by Crippen LogP contribution is -2.59. The average Bonchev–Trinajstić information content (AvgIpc) is 3.59. The molecule has 2 unspecified atom stereocenters. The highest BCUT2D eigenvalue weighted by atomic mass is 16.5. The van der Waals surface area contributed by atoms with Crippen molar-refractivity contribution < 1.29 is 24.2 Å². The van der Waals surface area contributed by atoms with E-state index in [1.807, 2.05) is 52.0 Å². The van der Waals surface area contributed by atoms with Crippen molar-refractivity contribution in [3.8, 4) is 0 Å².